The van der Waals surface area contributed by atoms with Crippen LogP contribution in [0.3, 0.4) is 0 Å². The largest absolute Gasteiger partial charge is 0.491 e. The number of carbonyl (C=O) groups is 1. The minimum Gasteiger partial charge on any atom is -0.491 e. The first kappa shape index (κ1) is 20.9. The van der Waals surface area contributed by atoms with Crippen LogP contribution in [0.2, 0.25) is 10.0 Å². The van der Waals surface area contributed by atoms with E-state index in [1.165, 1.54) is 18.2 Å². The zero-order valence-corrected chi connectivity index (χ0v) is 16.9. The van der Waals surface area contributed by atoms with E-state index in [2.05, 4.69) is 5.32 Å². The van der Waals surface area contributed by atoms with Crippen molar-refractivity contribution in [3.63, 3.8) is 0 Å². The molecule has 1 aliphatic heterocycles. The van der Waals surface area contributed by atoms with E-state index in [0.717, 1.165) is 18.4 Å². The lowest BCUT2D eigenvalue weighted by atomic mass is 9.74. The summed E-state index contributed by atoms with van der Waals surface area (Å²) >= 11 is 12.1. The Bertz CT molecular complexity index is 825. The van der Waals surface area contributed by atoms with E-state index in [-0.39, 0.29) is 29.4 Å². The standard InChI is InChI=1S/C21H22Cl2FNO3/c22-16-3-1-2-15(12-16)21(7-10-27-11-8-21)14-25-20(26)6-9-28-19-5-4-17(24)13-18(19)23/h1-5,12-13H,6-11,14H2,(H,25,26). The first-order valence-corrected chi connectivity index (χ1v) is 9.92. The van der Waals surface area contributed by atoms with Gasteiger partial charge in [-0.1, -0.05) is 35.3 Å². The fourth-order valence-corrected chi connectivity index (χ4v) is 3.76. The van der Waals surface area contributed by atoms with Crippen LogP contribution in [0.4, 0.5) is 4.39 Å². The highest BCUT2D eigenvalue weighted by atomic mass is 35.5. The summed E-state index contributed by atoms with van der Waals surface area (Å²) in [7, 11) is 0. The van der Waals surface area contributed by atoms with Gasteiger partial charge in [0.25, 0.3) is 0 Å². The summed E-state index contributed by atoms with van der Waals surface area (Å²) in [6.07, 6.45) is 1.81. The Labute approximate surface area is 173 Å². The lowest BCUT2D eigenvalue weighted by Gasteiger charge is -2.38. The molecule has 1 amide bonds. The number of ether oxygens (including phenoxy) is 2. The van der Waals surface area contributed by atoms with Crippen molar-refractivity contribution in [2.45, 2.75) is 24.7 Å². The number of benzene rings is 2. The number of amides is 1. The first-order chi connectivity index (χ1) is 13.5. The molecule has 0 saturated carbocycles. The Morgan fingerprint density at radius 2 is 1.96 bits per heavy atom. The Morgan fingerprint density at radius 3 is 2.68 bits per heavy atom. The maximum absolute atomic E-state index is 13.1. The summed E-state index contributed by atoms with van der Waals surface area (Å²) in [6, 6.07) is 11.7. The molecule has 0 bridgehead atoms. The quantitative estimate of drug-likeness (QED) is 0.694. The third kappa shape index (κ3) is 5.37. The molecule has 1 N–H and O–H groups in total. The number of rotatable bonds is 7. The number of hydrogen-bond donors (Lipinski definition) is 1. The Balaban J connectivity index is 1.55. The van der Waals surface area contributed by atoms with Crippen LogP contribution in [0.25, 0.3) is 0 Å². The molecule has 0 radical (unpaired) electrons. The Kier molecular flexibility index (Phi) is 7.16. The van der Waals surface area contributed by atoms with E-state index < -0.39 is 5.82 Å². The van der Waals surface area contributed by atoms with Crippen LogP contribution >= 0.6 is 23.2 Å². The highest BCUT2D eigenvalue weighted by molar-refractivity contribution is 6.32. The number of halogens is 3. The van der Waals surface area contributed by atoms with Gasteiger partial charge in [0.2, 0.25) is 5.91 Å². The third-order valence-electron chi connectivity index (χ3n) is 4.99. The van der Waals surface area contributed by atoms with Crippen molar-refractivity contribution in [1.29, 1.82) is 0 Å². The van der Waals surface area contributed by atoms with Crippen molar-refractivity contribution < 1.29 is 18.7 Å². The summed E-state index contributed by atoms with van der Waals surface area (Å²) < 4.78 is 24.0. The van der Waals surface area contributed by atoms with Crippen LogP contribution < -0.4 is 10.1 Å². The molecule has 150 valence electrons. The van der Waals surface area contributed by atoms with Gasteiger partial charge in [0.15, 0.2) is 0 Å². The van der Waals surface area contributed by atoms with E-state index in [9.17, 15) is 9.18 Å². The van der Waals surface area contributed by atoms with E-state index in [1.807, 2.05) is 24.3 Å². The maximum Gasteiger partial charge on any atom is 0.223 e. The van der Waals surface area contributed by atoms with Crippen molar-refractivity contribution >= 4 is 29.1 Å². The van der Waals surface area contributed by atoms with Crippen molar-refractivity contribution in [2.24, 2.45) is 0 Å². The monoisotopic (exact) mass is 425 g/mol. The molecule has 1 fully saturated rings. The van der Waals surface area contributed by atoms with E-state index >= 15 is 0 Å². The van der Waals surface area contributed by atoms with Crippen molar-refractivity contribution in [1.82, 2.24) is 5.32 Å². The molecule has 1 aliphatic rings. The first-order valence-electron chi connectivity index (χ1n) is 9.17. The lowest BCUT2D eigenvalue weighted by Crippen LogP contribution is -2.44. The van der Waals surface area contributed by atoms with Gasteiger partial charge in [-0.25, -0.2) is 4.39 Å². The SMILES string of the molecule is O=C(CCOc1ccc(F)cc1Cl)NCC1(c2cccc(Cl)c2)CCOCC1. The summed E-state index contributed by atoms with van der Waals surface area (Å²) in [6.45, 7) is 1.96. The van der Waals surface area contributed by atoms with Gasteiger partial charge in [0.05, 0.1) is 18.1 Å². The molecule has 0 spiro atoms. The van der Waals surface area contributed by atoms with Crippen molar-refractivity contribution in [3.8, 4) is 5.75 Å². The molecular weight excluding hydrogens is 404 g/mol. The highest BCUT2D eigenvalue weighted by Gasteiger charge is 2.35. The Hall–Kier alpha value is -1.82. The summed E-state index contributed by atoms with van der Waals surface area (Å²) in [5.74, 6) is -0.195. The fraction of sp³-hybridized carbons (Fsp3) is 0.381. The predicted molar refractivity (Wildman–Crippen MR) is 108 cm³/mol. The lowest BCUT2D eigenvalue weighted by molar-refractivity contribution is -0.122. The third-order valence-corrected chi connectivity index (χ3v) is 5.52. The fourth-order valence-electron chi connectivity index (χ4n) is 3.35. The molecular formula is C21H22Cl2FNO3. The molecule has 28 heavy (non-hydrogen) atoms. The molecule has 0 aliphatic carbocycles. The zero-order chi connectivity index (χ0) is 20.0. The summed E-state index contributed by atoms with van der Waals surface area (Å²) in [4.78, 5) is 12.3. The molecule has 3 rings (SSSR count). The minimum atomic E-state index is -0.433. The molecule has 1 saturated heterocycles. The van der Waals surface area contributed by atoms with Crippen LogP contribution in [0.1, 0.15) is 24.8 Å². The van der Waals surface area contributed by atoms with Gasteiger partial charge in [0, 0.05) is 30.2 Å². The minimum absolute atomic E-state index is 0.119. The zero-order valence-electron chi connectivity index (χ0n) is 15.3. The van der Waals surface area contributed by atoms with Gasteiger partial charge in [-0.2, -0.15) is 0 Å². The van der Waals surface area contributed by atoms with Crippen molar-refractivity contribution in [2.75, 3.05) is 26.4 Å². The number of hydrogen-bond acceptors (Lipinski definition) is 3. The predicted octanol–water partition coefficient (Wildman–Crippen LogP) is 4.77. The van der Waals surface area contributed by atoms with Gasteiger partial charge in [-0.05, 0) is 48.7 Å². The molecule has 0 aromatic heterocycles. The average molecular weight is 426 g/mol. The number of carbonyl (C=O) groups excluding carboxylic acids is 1. The molecule has 2 aromatic rings. The van der Waals surface area contributed by atoms with Crippen LogP contribution in [-0.4, -0.2) is 32.3 Å². The van der Waals surface area contributed by atoms with Gasteiger partial charge < -0.3 is 14.8 Å². The molecule has 1 heterocycles. The molecule has 4 nitrogen and oxygen atoms in total. The van der Waals surface area contributed by atoms with Crippen LogP contribution in [0.15, 0.2) is 42.5 Å². The maximum atomic E-state index is 13.1. The molecule has 0 atom stereocenters. The second-order valence-electron chi connectivity index (χ2n) is 6.85. The normalized spacial score (nSPS) is 15.8. The van der Waals surface area contributed by atoms with Crippen LogP contribution in [0.5, 0.6) is 5.75 Å². The van der Waals surface area contributed by atoms with Crippen LogP contribution in [0, 0.1) is 5.82 Å². The molecule has 0 unspecified atom stereocenters. The number of nitrogens with one attached hydrogen (secondary N) is 1. The van der Waals surface area contributed by atoms with Gasteiger partial charge >= 0.3 is 0 Å². The van der Waals surface area contributed by atoms with E-state index in [1.54, 1.807) is 0 Å². The second kappa shape index (κ2) is 9.59. The van der Waals surface area contributed by atoms with E-state index in [0.29, 0.717) is 30.5 Å². The van der Waals surface area contributed by atoms with Crippen molar-refractivity contribution in [3.05, 3.63) is 63.9 Å². The molecule has 2 aromatic carbocycles. The highest BCUT2D eigenvalue weighted by Crippen LogP contribution is 2.35. The molecule has 7 heteroatoms. The van der Waals surface area contributed by atoms with Crippen LogP contribution in [-0.2, 0) is 14.9 Å². The summed E-state index contributed by atoms with van der Waals surface area (Å²) in [5, 5.41) is 3.87. The average Bonchev–Trinajstić information content (AvgIpc) is 2.69. The topological polar surface area (TPSA) is 47.6 Å². The van der Waals surface area contributed by atoms with Gasteiger partial charge in [-0.15, -0.1) is 0 Å². The van der Waals surface area contributed by atoms with Gasteiger partial charge in [0.1, 0.15) is 11.6 Å². The Morgan fingerprint density at radius 1 is 1.18 bits per heavy atom. The van der Waals surface area contributed by atoms with E-state index in [4.69, 9.17) is 32.7 Å². The summed E-state index contributed by atoms with van der Waals surface area (Å²) in [5.41, 5.74) is 0.915. The second-order valence-corrected chi connectivity index (χ2v) is 7.70. The smallest absolute Gasteiger partial charge is 0.223 e. The van der Waals surface area contributed by atoms with Gasteiger partial charge in [-0.3, -0.25) is 4.79 Å².